The van der Waals surface area contributed by atoms with Crippen LogP contribution in [0.1, 0.15) is 32.9 Å². The fourth-order valence-electron chi connectivity index (χ4n) is 2.56. The van der Waals surface area contributed by atoms with E-state index >= 15 is 0 Å². The molecule has 0 spiro atoms. The van der Waals surface area contributed by atoms with Gasteiger partial charge < -0.3 is 9.15 Å². The van der Waals surface area contributed by atoms with Crippen LogP contribution in [-0.2, 0) is 9.53 Å². The Morgan fingerprint density at radius 1 is 1.04 bits per heavy atom. The largest absolute Gasteiger partial charge is 0.465 e. The fraction of sp³-hybridized carbons (Fsp3) is 0.158. The van der Waals surface area contributed by atoms with Gasteiger partial charge in [0.2, 0.25) is 0 Å². The van der Waals surface area contributed by atoms with Crippen molar-refractivity contribution in [3.8, 4) is 0 Å². The summed E-state index contributed by atoms with van der Waals surface area (Å²) in [5, 5.41) is 0. The summed E-state index contributed by atoms with van der Waals surface area (Å²) in [6.45, 7) is 0.0925. The molecule has 3 rings (SSSR count). The number of benzene rings is 1. The maximum Gasteiger partial charge on any atom is 0.426 e. The van der Waals surface area contributed by atoms with Crippen LogP contribution in [-0.4, -0.2) is 41.9 Å². The monoisotopic (exact) mass is 383 g/mol. The highest BCUT2D eigenvalue weighted by atomic mass is 16.6. The van der Waals surface area contributed by atoms with Crippen LogP contribution >= 0.6 is 0 Å². The molecule has 2 heterocycles. The SMILES string of the molecule is O=C(C=Cc1ccco1)NNC(=O)OCCCN1C(=O)c2ccccc2C1=O. The van der Waals surface area contributed by atoms with Gasteiger partial charge in [-0.25, -0.2) is 10.2 Å². The predicted octanol–water partition coefficient (Wildman–Crippen LogP) is 1.74. The number of carbonyl (C=O) groups excluding carboxylic acids is 4. The number of nitrogens with one attached hydrogen (secondary N) is 2. The van der Waals surface area contributed by atoms with Crippen molar-refractivity contribution in [3.05, 3.63) is 65.6 Å². The average molecular weight is 383 g/mol. The van der Waals surface area contributed by atoms with Crippen LogP contribution in [0, 0.1) is 0 Å². The van der Waals surface area contributed by atoms with Gasteiger partial charge in [-0.3, -0.25) is 24.7 Å². The van der Waals surface area contributed by atoms with Crippen molar-refractivity contribution in [2.24, 2.45) is 0 Å². The van der Waals surface area contributed by atoms with Gasteiger partial charge in [0.05, 0.1) is 24.0 Å². The minimum Gasteiger partial charge on any atom is -0.465 e. The zero-order chi connectivity index (χ0) is 19.9. The first-order chi connectivity index (χ1) is 13.6. The Morgan fingerprint density at radius 3 is 2.39 bits per heavy atom. The van der Waals surface area contributed by atoms with E-state index in [0.717, 1.165) is 4.90 Å². The second-order valence-electron chi connectivity index (χ2n) is 5.76. The van der Waals surface area contributed by atoms with Crippen molar-refractivity contribution in [1.82, 2.24) is 15.8 Å². The third-order valence-corrected chi connectivity index (χ3v) is 3.87. The van der Waals surface area contributed by atoms with E-state index in [-0.39, 0.29) is 31.4 Å². The van der Waals surface area contributed by atoms with Crippen LogP contribution in [0.3, 0.4) is 0 Å². The van der Waals surface area contributed by atoms with Crippen LogP contribution in [0.15, 0.2) is 53.2 Å². The molecule has 0 saturated heterocycles. The van der Waals surface area contributed by atoms with Gasteiger partial charge in [-0.2, -0.15) is 0 Å². The molecule has 4 amide bonds. The summed E-state index contributed by atoms with van der Waals surface area (Å²) >= 11 is 0. The van der Waals surface area contributed by atoms with Gasteiger partial charge in [0.25, 0.3) is 17.7 Å². The molecule has 1 aromatic heterocycles. The van der Waals surface area contributed by atoms with E-state index in [1.807, 2.05) is 0 Å². The second kappa shape index (κ2) is 8.67. The van der Waals surface area contributed by atoms with E-state index < -0.39 is 12.0 Å². The molecule has 0 saturated carbocycles. The van der Waals surface area contributed by atoms with Gasteiger partial charge in [0, 0.05) is 12.6 Å². The number of hydrazine groups is 1. The molecule has 0 radical (unpaired) electrons. The topological polar surface area (TPSA) is 118 Å². The third-order valence-electron chi connectivity index (χ3n) is 3.87. The molecule has 144 valence electrons. The maximum atomic E-state index is 12.2. The Balaban J connectivity index is 1.34. The number of furan rings is 1. The smallest absolute Gasteiger partial charge is 0.426 e. The summed E-state index contributed by atoms with van der Waals surface area (Å²) < 4.78 is 9.92. The number of rotatable bonds is 6. The first-order valence-electron chi connectivity index (χ1n) is 8.46. The number of amides is 4. The van der Waals surface area contributed by atoms with Gasteiger partial charge >= 0.3 is 6.09 Å². The molecular formula is C19H17N3O6. The molecule has 2 aromatic rings. The van der Waals surface area contributed by atoms with Crippen molar-refractivity contribution in [2.45, 2.75) is 6.42 Å². The standard InChI is InChI=1S/C19H17N3O6/c23-16(9-8-13-5-3-11-27-13)20-21-19(26)28-12-4-10-22-17(24)14-6-1-2-7-15(14)18(22)25/h1-3,5-9,11H,4,10,12H2,(H,20,23)(H,21,26). The van der Waals surface area contributed by atoms with Crippen LogP contribution in [0.2, 0.25) is 0 Å². The molecular weight excluding hydrogens is 366 g/mol. The summed E-state index contributed by atoms with van der Waals surface area (Å²) in [7, 11) is 0. The van der Waals surface area contributed by atoms with Gasteiger partial charge in [-0.15, -0.1) is 0 Å². The lowest BCUT2D eigenvalue weighted by Crippen LogP contribution is -2.41. The van der Waals surface area contributed by atoms with E-state index in [4.69, 9.17) is 9.15 Å². The van der Waals surface area contributed by atoms with E-state index in [0.29, 0.717) is 16.9 Å². The van der Waals surface area contributed by atoms with Crippen LogP contribution < -0.4 is 10.9 Å². The van der Waals surface area contributed by atoms with Gasteiger partial charge in [0.15, 0.2) is 0 Å². The molecule has 0 bridgehead atoms. The predicted molar refractivity (Wildman–Crippen MR) is 96.8 cm³/mol. The minimum atomic E-state index is -0.859. The highest BCUT2D eigenvalue weighted by molar-refractivity contribution is 6.21. The highest BCUT2D eigenvalue weighted by Crippen LogP contribution is 2.22. The van der Waals surface area contributed by atoms with Crippen molar-refractivity contribution in [3.63, 3.8) is 0 Å². The normalized spacial score (nSPS) is 12.9. The van der Waals surface area contributed by atoms with E-state index in [1.165, 1.54) is 18.4 Å². The Hall–Kier alpha value is -3.88. The molecule has 0 atom stereocenters. The van der Waals surface area contributed by atoms with Crippen LogP contribution in [0.25, 0.3) is 6.08 Å². The first kappa shape index (κ1) is 18.9. The second-order valence-corrected chi connectivity index (χ2v) is 5.76. The molecule has 9 nitrogen and oxygen atoms in total. The molecule has 2 N–H and O–H groups in total. The number of ether oxygens (including phenoxy) is 1. The summed E-state index contributed by atoms with van der Waals surface area (Å²) in [4.78, 5) is 48.6. The Bertz CT molecular complexity index is 885. The summed E-state index contributed by atoms with van der Waals surface area (Å²) in [6.07, 6.45) is 3.49. The van der Waals surface area contributed by atoms with Gasteiger partial charge in [-0.05, 0) is 36.8 Å². The van der Waals surface area contributed by atoms with Crippen molar-refractivity contribution in [1.29, 1.82) is 0 Å². The van der Waals surface area contributed by atoms with Crippen molar-refractivity contribution in [2.75, 3.05) is 13.2 Å². The van der Waals surface area contributed by atoms with E-state index in [9.17, 15) is 19.2 Å². The average Bonchev–Trinajstić information content (AvgIpc) is 3.30. The third kappa shape index (κ3) is 4.44. The number of imide groups is 1. The maximum absolute atomic E-state index is 12.2. The van der Waals surface area contributed by atoms with E-state index in [1.54, 1.807) is 36.4 Å². The Morgan fingerprint density at radius 2 is 1.75 bits per heavy atom. The summed E-state index contributed by atoms with van der Waals surface area (Å²) in [5.74, 6) is -0.799. The Kier molecular flexibility index (Phi) is 5.85. The lowest BCUT2D eigenvalue weighted by Gasteiger charge is -2.13. The minimum absolute atomic E-state index is 0.0304. The van der Waals surface area contributed by atoms with Crippen LogP contribution in [0.4, 0.5) is 4.79 Å². The molecule has 9 heteroatoms. The van der Waals surface area contributed by atoms with E-state index in [2.05, 4.69) is 10.9 Å². The fourth-order valence-corrected chi connectivity index (χ4v) is 2.56. The summed E-state index contributed by atoms with van der Waals surface area (Å²) in [6, 6.07) is 9.93. The number of nitrogens with zero attached hydrogens (tertiary/aromatic N) is 1. The van der Waals surface area contributed by atoms with Crippen molar-refractivity contribution >= 4 is 29.9 Å². The number of carbonyl (C=O) groups is 4. The quantitative estimate of drug-likeness (QED) is 0.340. The number of fused-ring (bicyclic) bond motifs is 1. The molecule has 0 fully saturated rings. The van der Waals surface area contributed by atoms with Gasteiger partial charge in [0.1, 0.15) is 5.76 Å². The van der Waals surface area contributed by atoms with Crippen LogP contribution in [0.5, 0.6) is 0 Å². The molecule has 0 unspecified atom stereocenters. The number of hydrogen-bond donors (Lipinski definition) is 2. The molecule has 1 aliphatic rings. The molecule has 1 aromatic carbocycles. The number of hydrogen-bond acceptors (Lipinski definition) is 6. The summed E-state index contributed by atoms with van der Waals surface area (Å²) in [5.41, 5.74) is 4.97. The Labute approximate surface area is 159 Å². The van der Waals surface area contributed by atoms with Crippen molar-refractivity contribution < 1.29 is 28.3 Å². The van der Waals surface area contributed by atoms with Gasteiger partial charge in [-0.1, -0.05) is 12.1 Å². The molecule has 28 heavy (non-hydrogen) atoms. The lowest BCUT2D eigenvalue weighted by molar-refractivity contribution is -0.117. The molecule has 0 aliphatic carbocycles. The highest BCUT2D eigenvalue weighted by Gasteiger charge is 2.34. The zero-order valence-electron chi connectivity index (χ0n) is 14.7. The molecule has 1 aliphatic heterocycles. The zero-order valence-corrected chi connectivity index (χ0v) is 14.7. The first-order valence-corrected chi connectivity index (χ1v) is 8.46. The lowest BCUT2D eigenvalue weighted by atomic mass is 10.1.